The summed E-state index contributed by atoms with van der Waals surface area (Å²) in [6.45, 7) is 0.461. The molecule has 0 aliphatic carbocycles. The minimum atomic E-state index is -0.610. The number of hydrogen-bond acceptors (Lipinski definition) is 5. The van der Waals surface area contributed by atoms with Gasteiger partial charge in [-0.1, -0.05) is 29.3 Å². The van der Waals surface area contributed by atoms with Gasteiger partial charge in [0.05, 0.1) is 12.1 Å². The number of esters is 1. The first-order valence-corrected chi connectivity index (χ1v) is 9.46. The number of amides is 1. The highest BCUT2D eigenvalue weighted by atomic mass is 79.9. The van der Waals surface area contributed by atoms with Crippen LogP contribution in [0.4, 0.5) is 5.69 Å². The van der Waals surface area contributed by atoms with E-state index in [9.17, 15) is 9.59 Å². The first-order chi connectivity index (χ1) is 12.9. The molecule has 3 rings (SSSR count). The van der Waals surface area contributed by atoms with Crippen LogP contribution in [-0.2, 0) is 20.7 Å². The molecule has 1 amide bonds. The van der Waals surface area contributed by atoms with Crippen LogP contribution < -0.4 is 14.8 Å². The lowest BCUT2D eigenvalue weighted by Crippen LogP contribution is -2.22. The predicted octanol–water partition coefficient (Wildman–Crippen LogP) is 4.25. The number of fused-ring (bicyclic) bond motifs is 1. The van der Waals surface area contributed by atoms with Crippen LogP contribution in [0.3, 0.4) is 0 Å². The summed E-state index contributed by atoms with van der Waals surface area (Å²) in [5.74, 6) is 0.0200. The van der Waals surface area contributed by atoms with Gasteiger partial charge in [0.2, 0.25) is 0 Å². The maximum atomic E-state index is 12.1. The maximum Gasteiger partial charge on any atom is 0.310 e. The zero-order valence-electron chi connectivity index (χ0n) is 13.9. The Balaban J connectivity index is 1.56. The first-order valence-electron chi connectivity index (χ1n) is 7.91. The number of anilines is 1. The molecule has 0 fully saturated rings. The van der Waals surface area contributed by atoms with E-state index < -0.39 is 18.5 Å². The third kappa shape index (κ3) is 5.06. The lowest BCUT2D eigenvalue weighted by Gasteiger charge is -2.20. The van der Waals surface area contributed by atoms with Crippen LogP contribution in [0.2, 0.25) is 10.0 Å². The summed E-state index contributed by atoms with van der Waals surface area (Å²) < 4.78 is 16.6. The lowest BCUT2D eigenvalue weighted by molar-refractivity contribution is -0.146. The van der Waals surface area contributed by atoms with Crippen molar-refractivity contribution in [3.63, 3.8) is 0 Å². The predicted molar refractivity (Wildman–Crippen MR) is 105 cm³/mol. The van der Waals surface area contributed by atoms with Crippen LogP contribution in [0, 0.1) is 0 Å². The minimum absolute atomic E-state index is 0.125. The Morgan fingerprint density at radius 3 is 2.41 bits per heavy atom. The SMILES string of the molecule is O=C(COC(=O)Cc1c(Cl)cccc1Cl)Nc1cc2c(cc1Br)OCCO2. The molecule has 2 aromatic rings. The number of carbonyl (C=O) groups is 2. The number of nitrogens with one attached hydrogen (secondary N) is 1. The van der Waals surface area contributed by atoms with Gasteiger partial charge in [0.25, 0.3) is 5.91 Å². The van der Waals surface area contributed by atoms with Crippen molar-refractivity contribution < 1.29 is 23.8 Å². The zero-order chi connectivity index (χ0) is 19.4. The molecular formula is C18H14BrCl2NO5. The highest BCUT2D eigenvalue weighted by Gasteiger charge is 2.17. The number of benzene rings is 2. The highest BCUT2D eigenvalue weighted by molar-refractivity contribution is 9.10. The molecule has 6 nitrogen and oxygen atoms in total. The fraction of sp³-hybridized carbons (Fsp3) is 0.222. The topological polar surface area (TPSA) is 73.9 Å². The first kappa shape index (κ1) is 19.8. The van der Waals surface area contributed by atoms with Gasteiger partial charge in [0.1, 0.15) is 13.2 Å². The molecule has 1 N–H and O–H groups in total. The highest BCUT2D eigenvalue weighted by Crippen LogP contribution is 2.38. The maximum absolute atomic E-state index is 12.1. The molecule has 1 heterocycles. The number of carbonyl (C=O) groups excluding carboxylic acids is 2. The van der Waals surface area contributed by atoms with E-state index in [1.54, 1.807) is 30.3 Å². The molecule has 0 bridgehead atoms. The fourth-order valence-corrected chi connectivity index (χ4v) is 3.34. The van der Waals surface area contributed by atoms with Gasteiger partial charge in [-0.2, -0.15) is 0 Å². The molecule has 27 heavy (non-hydrogen) atoms. The molecule has 2 aromatic carbocycles. The van der Waals surface area contributed by atoms with Crippen LogP contribution in [0.5, 0.6) is 11.5 Å². The second-order valence-corrected chi connectivity index (χ2v) is 7.23. The van der Waals surface area contributed by atoms with Crippen molar-refractivity contribution >= 4 is 56.7 Å². The number of rotatable bonds is 5. The monoisotopic (exact) mass is 473 g/mol. The van der Waals surface area contributed by atoms with Crippen molar-refractivity contribution in [2.24, 2.45) is 0 Å². The van der Waals surface area contributed by atoms with Gasteiger partial charge in [0, 0.05) is 32.2 Å². The molecule has 0 spiro atoms. The van der Waals surface area contributed by atoms with Crippen LogP contribution in [0.15, 0.2) is 34.8 Å². The number of ether oxygens (including phenoxy) is 3. The van der Waals surface area contributed by atoms with Crippen molar-refractivity contribution in [3.8, 4) is 11.5 Å². The average Bonchev–Trinajstić information content (AvgIpc) is 2.64. The lowest BCUT2D eigenvalue weighted by atomic mass is 10.1. The van der Waals surface area contributed by atoms with Gasteiger partial charge in [-0.25, -0.2) is 0 Å². The van der Waals surface area contributed by atoms with Crippen molar-refractivity contribution in [2.75, 3.05) is 25.1 Å². The van der Waals surface area contributed by atoms with Gasteiger partial charge in [-0.3, -0.25) is 9.59 Å². The van der Waals surface area contributed by atoms with Crippen LogP contribution in [0.25, 0.3) is 0 Å². The molecule has 0 atom stereocenters. The largest absolute Gasteiger partial charge is 0.486 e. The van der Waals surface area contributed by atoms with Crippen molar-refractivity contribution in [1.82, 2.24) is 0 Å². The quantitative estimate of drug-likeness (QED) is 0.655. The smallest absolute Gasteiger partial charge is 0.310 e. The second-order valence-electron chi connectivity index (χ2n) is 5.56. The van der Waals surface area contributed by atoms with E-state index in [0.717, 1.165) is 0 Å². The molecule has 1 aliphatic rings. The van der Waals surface area contributed by atoms with Gasteiger partial charge in [0.15, 0.2) is 18.1 Å². The fourth-order valence-electron chi connectivity index (χ4n) is 2.39. The van der Waals surface area contributed by atoms with Crippen molar-refractivity contribution in [1.29, 1.82) is 0 Å². The summed E-state index contributed by atoms with van der Waals surface area (Å²) in [4.78, 5) is 24.1. The Kier molecular flexibility index (Phi) is 6.46. The molecule has 142 valence electrons. The summed E-state index contributed by atoms with van der Waals surface area (Å²) in [6.07, 6.45) is -0.125. The van der Waals surface area contributed by atoms with Gasteiger partial charge in [-0.05, 0) is 28.1 Å². The molecule has 1 aliphatic heterocycles. The Bertz CT molecular complexity index is 870. The summed E-state index contributed by atoms with van der Waals surface area (Å²) in [5.41, 5.74) is 0.940. The minimum Gasteiger partial charge on any atom is -0.486 e. The summed E-state index contributed by atoms with van der Waals surface area (Å²) in [6, 6.07) is 8.28. The molecular weight excluding hydrogens is 461 g/mol. The van der Waals surface area contributed by atoms with Crippen molar-refractivity contribution in [3.05, 3.63) is 50.4 Å². The Labute approximate surface area is 173 Å². The van der Waals surface area contributed by atoms with E-state index in [1.807, 2.05) is 0 Å². The molecule has 0 unspecified atom stereocenters. The van der Waals surface area contributed by atoms with E-state index in [1.165, 1.54) is 0 Å². The van der Waals surface area contributed by atoms with Crippen LogP contribution in [0.1, 0.15) is 5.56 Å². The second kappa shape index (κ2) is 8.82. The Morgan fingerprint density at radius 1 is 1.11 bits per heavy atom. The third-order valence-electron chi connectivity index (χ3n) is 3.65. The average molecular weight is 475 g/mol. The van der Waals surface area contributed by atoms with Gasteiger partial charge < -0.3 is 19.5 Å². The third-order valence-corrected chi connectivity index (χ3v) is 5.02. The molecule has 0 saturated heterocycles. The van der Waals surface area contributed by atoms with E-state index in [4.69, 9.17) is 37.4 Å². The molecule has 9 heteroatoms. The van der Waals surface area contributed by atoms with Gasteiger partial charge >= 0.3 is 5.97 Å². The van der Waals surface area contributed by atoms with E-state index in [0.29, 0.717) is 50.5 Å². The van der Waals surface area contributed by atoms with Crippen LogP contribution in [-0.4, -0.2) is 31.7 Å². The molecule has 0 radical (unpaired) electrons. The Morgan fingerprint density at radius 2 is 1.74 bits per heavy atom. The standard InChI is InChI=1S/C18H14BrCl2NO5/c19-11-7-15-16(26-5-4-25-15)8-14(11)22-17(23)9-27-18(24)6-10-12(20)2-1-3-13(10)21/h1-3,7-8H,4-6,9H2,(H,22,23). The summed E-state index contributed by atoms with van der Waals surface area (Å²) >= 11 is 15.4. The summed E-state index contributed by atoms with van der Waals surface area (Å²) in [5, 5.41) is 3.38. The van der Waals surface area contributed by atoms with E-state index in [-0.39, 0.29) is 6.42 Å². The normalized spacial score (nSPS) is 12.4. The zero-order valence-corrected chi connectivity index (χ0v) is 17.0. The number of halogens is 3. The van der Waals surface area contributed by atoms with Crippen LogP contribution >= 0.6 is 39.1 Å². The molecule has 0 saturated carbocycles. The van der Waals surface area contributed by atoms with Crippen molar-refractivity contribution in [2.45, 2.75) is 6.42 Å². The summed E-state index contributed by atoms with van der Waals surface area (Å²) in [7, 11) is 0. The molecule has 0 aromatic heterocycles. The van der Waals surface area contributed by atoms with E-state index >= 15 is 0 Å². The number of hydrogen-bond donors (Lipinski definition) is 1. The Hall–Kier alpha value is -1.96. The van der Waals surface area contributed by atoms with E-state index in [2.05, 4.69) is 21.2 Å². The van der Waals surface area contributed by atoms with Gasteiger partial charge in [-0.15, -0.1) is 0 Å².